The zero-order chi connectivity index (χ0) is 7.73. The lowest BCUT2D eigenvalue weighted by atomic mass is 10.0. The maximum absolute atomic E-state index is 5.57. The Balaban J connectivity index is 1.68. The molecule has 2 rings (SSSR count). The Kier molecular flexibility index (Phi) is 2.08. The Morgan fingerprint density at radius 3 is 2.64 bits per heavy atom. The van der Waals surface area contributed by atoms with E-state index in [4.69, 9.17) is 21.1 Å². The molecular weight excluding hydrogens is 164 g/mol. The van der Waals surface area contributed by atoms with Crippen molar-refractivity contribution in [3.05, 3.63) is 0 Å². The predicted molar refractivity (Wildman–Crippen MR) is 43.0 cm³/mol. The molecule has 64 valence electrons. The Labute approximate surface area is 71.8 Å². The fraction of sp³-hybridized carbons (Fsp3) is 1.00. The third-order valence-electron chi connectivity index (χ3n) is 2.42. The Morgan fingerprint density at radius 1 is 1.45 bits per heavy atom. The third-order valence-corrected chi connectivity index (χ3v) is 2.69. The molecule has 0 bridgehead atoms. The number of unbranched alkanes of at least 4 members (excludes halogenated alkanes) is 1. The monoisotopic (exact) mass is 176 g/mol. The van der Waals surface area contributed by atoms with Crippen molar-refractivity contribution in [2.24, 2.45) is 0 Å². The van der Waals surface area contributed by atoms with Crippen molar-refractivity contribution in [3.63, 3.8) is 0 Å². The zero-order valence-corrected chi connectivity index (χ0v) is 7.27. The third kappa shape index (κ3) is 1.68. The first-order valence-corrected chi connectivity index (χ1v) is 4.72. The van der Waals surface area contributed by atoms with Gasteiger partial charge < -0.3 is 9.47 Å². The molecule has 0 aromatic carbocycles. The molecule has 0 amide bonds. The van der Waals surface area contributed by atoms with Crippen LogP contribution in [0, 0.1) is 0 Å². The van der Waals surface area contributed by atoms with E-state index in [1.165, 1.54) is 6.42 Å². The van der Waals surface area contributed by atoms with E-state index in [1.54, 1.807) is 0 Å². The van der Waals surface area contributed by atoms with Gasteiger partial charge in [-0.05, 0) is 19.3 Å². The predicted octanol–water partition coefficient (Wildman–Crippen LogP) is 1.56. The number of rotatable bonds is 5. The molecule has 0 aromatic rings. The van der Waals surface area contributed by atoms with E-state index >= 15 is 0 Å². The second-order valence-corrected chi connectivity index (χ2v) is 3.70. The molecule has 11 heavy (non-hydrogen) atoms. The molecule has 2 saturated heterocycles. The molecule has 0 N–H and O–H groups in total. The number of epoxide rings is 2. The minimum Gasteiger partial charge on any atom is -0.370 e. The molecule has 2 nitrogen and oxygen atoms in total. The van der Waals surface area contributed by atoms with Crippen molar-refractivity contribution in [3.8, 4) is 0 Å². The summed E-state index contributed by atoms with van der Waals surface area (Å²) < 4.78 is 10.6. The standard InChI is InChI=1S/C8H13ClO2/c9-4-2-1-3-8(6-11-8)7-5-10-7/h7H,1-6H2. The van der Waals surface area contributed by atoms with Crippen LogP contribution in [0.3, 0.4) is 0 Å². The molecule has 2 heterocycles. The van der Waals surface area contributed by atoms with Crippen LogP contribution in [-0.4, -0.2) is 30.8 Å². The quantitative estimate of drug-likeness (QED) is 0.361. The number of hydrogen-bond acceptors (Lipinski definition) is 2. The normalized spacial score (nSPS) is 40.6. The maximum atomic E-state index is 5.57. The van der Waals surface area contributed by atoms with Crippen LogP contribution in [-0.2, 0) is 9.47 Å². The fourth-order valence-corrected chi connectivity index (χ4v) is 1.64. The maximum Gasteiger partial charge on any atom is 0.120 e. The number of ether oxygens (including phenoxy) is 2. The highest BCUT2D eigenvalue weighted by molar-refractivity contribution is 6.17. The van der Waals surface area contributed by atoms with Gasteiger partial charge in [0.15, 0.2) is 0 Å². The summed E-state index contributed by atoms with van der Waals surface area (Å²) in [5.41, 5.74) is 0.131. The summed E-state index contributed by atoms with van der Waals surface area (Å²) in [5, 5.41) is 0. The molecular formula is C8H13ClO2. The fourth-order valence-electron chi connectivity index (χ4n) is 1.45. The summed E-state index contributed by atoms with van der Waals surface area (Å²) in [6.07, 6.45) is 3.81. The van der Waals surface area contributed by atoms with E-state index in [2.05, 4.69) is 0 Å². The summed E-state index contributed by atoms with van der Waals surface area (Å²) in [6.45, 7) is 1.81. The topological polar surface area (TPSA) is 25.1 Å². The zero-order valence-electron chi connectivity index (χ0n) is 6.51. The lowest BCUT2D eigenvalue weighted by Crippen LogP contribution is -2.18. The van der Waals surface area contributed by atoms with Gasteiger partial charge in [-0.2, -0.15) is 0 Å². The molecule has 2 fully saturated rings. The van der Waals surface area contributed by atoms with Gasteiger partial charge >= 0.3 is 0 Å². The molecule has 0 aliphatic carbocycles. The van der Waals surface area contributed by atoms with E-state index in [9.17, 15) is 0 Å². The Morgan fingerprint density at radius 2 is 2.18 bits per heavy atom. The second kappa shape index (κ2) is 2.92. The molecule has 0 aromatic heterocycles. The van der Waals surface area contributed by atoms with E-state index in [-0.39, 0.29) is 5.60 Å². The number of alkyl halides is 1. The van der Waals surface area contributed by atoms with Gasteiger partial charge in [0.05, 0.1) is 13.2 Å². The van der Waals surface area contributed by atoms with Gasteiger partial charge in [0.1, 0.15) is 11.7 Å². The van der Waals surface area contributed by atoms with Crippen LogP contribution in [0.25, 0.3) is 0 Å². The van der Waals surface area contributed by atoms with Crippen molar-refractivity contribution in [1.29, 1.82) is 0 Å². The first-order valence-electron chi connectivity index (χ1n) is 4.19. The first-order chi connectivity index (χ1) is 5.37. The summed E-state index contributed by atoms with van der Waals surface area (Å²) in [5.74, 6) is 0.765. The summed E-state index contributed by atoms with van der Waals surface area (Å²) in [7, 11) is 0. The van der Waals surface area contributed by atoms with Crippen molar-refractivity contribution < 1.29 is 9.47 Å². The molecule has 2 unspecified atom stereocenters. The summed E-state index contributed by atoms with van der Waals surface area (Å²) in [6, 6.07) is 0. The highest BCUT2D eigenvalue weighted by Gasteiger charge is 2.57. The molecule has 2 aliphatic heterocycles. The van der Waals surface area contributed by atoms with Crippen LogP contribution in [0.15, 0.2) is 0 Å². The van der Waals surface area contributed by atoms with E-state index in [0.717, 1.165) is 31.9 Å². The lowest BCUT2D eigenvalue weighted by molar-refractivity contribution is 0.222. The van der Waals surface area contributed by atoms with Crippen LogP contribution in [0.1, 0.15) is 19.3 Å². The van der Waals surface area contributed by atoms with Crippen LogP contribution in [0.2, 0.25) is 0 Å². The van der Waals surface area contributed by atoms with Gasteiger partial charge in [-0.15, -0.1) is 11.6 Å². The number of hydrogen-bond donors (Lipinski definition) is 0. The van der Waals surface area contributed by atoms with Crippen LogP contribution in [0.4, 0.5) is 0 Å². The van der Waals surface area contributed by atoms with E-state index in [1.807, 2.05) is 0 Å². The molecule has 2 atom stereocenters. The van der Waals surface area contributed by atoms with Gasteiger partial charge in [0.25, 0.3) is 0 Å². The average molecular weight is 177 g/mol. The average Bonchev–Trinajstić information content (AvgIpc) is 2.84. The smallest absolute Gasteiger partial charge is 0.120 e. The SMILES string of the molecule is ClCCCCC1(C2CO2)CO1. The minimum atomic E-state index is 0.131. The van der Waals surface area contributed by atoms with E-state index < -0.39 is 0 Å². The number of halogens is 1. The first kappa shape index (κ1) is 7.84. The van der Waals surface area contributed by atoms with Crippen LogP contribution < -0.4 is 0 Å². The second-order valence-electron chi connectivity index (χ2n) is 3.32. The summed E-state index contributed by atoms with van der Waals surface area (Å²) in [4.78, 5) is 0. The van der Waals surface area contributed by atoms with Gasteiger partial charge in [0.2, 0.25) is 0 Å². The summed E-state index contributed by atoms with van der Waals surface area (Å²) >= 11 is 5.57. The van der Waals surface area contributed by atoms with Crippen LogP contribution in [0.5, 0.6) is 0 Å². The molecule has 2 aliphatic rings. The molecule has 0 saturated carbocycles. The Bertz CT molecular complexity index is 141. The highest BCUT2D eigenvalue weighted by Crippen LogP contribution is 2.42. The van der Waals surface area contributed by atoms with Crippen LogP contribution >= 0.6 is 11.6 Å². The van der Waals surface area contributed by atoms with Crippen molar-refractivity contribution in [2.75, 3.05) is 19.1 Å². The minimum absolute atomic E-state index is 0.131. The molecule has 3 heteroatoms. The van der Waals surface area contributed by atoms with Gasteiger partial charge in [0, 0.05) is 5.88 Å². The molecule has 0 radical (unpaired) electrons. The van der Waals surface area contributed by atoms with Crippen molar-refractivity contribution in [1.82, 2.24) is 0 Å². The lowest BCUT2D eigenvalue weighted by Gasteiger charge is -2.06. The van der Waals surface area contributed by atoms with Gasteiger partial charge in [-0.1, -0.05) is 0 Å². The van der Waals surface area contributed by atoms with Gasteiger partial charge in [-0.3, -0.25) is 0 Å². The Hall–Kier alpha value is 0.210. The molecule has 0 spiro atoms. The largest absolute Gasteiger partial charge is 0.370 e. The van der Waals surface area contributed by atoms with E-state index in [0.29, 0.717) is 6.10 Å². The highest BCUT2D eigenvalue weighted by atomic mass is 35.5. The van der Waals surface area contributed by atoms with Gasteiger partial charge in [-0.25, -0.2) is 0 Å². The van der Waals surface area contributed by atoms with Crippen molar-refractivity contribution in [2.45, 2.75) is 31.0 Å². The van der Waals surface area contributed by atoms with Crippen molar-refractivity contribution >= 4 is 11.6 Å².